The Labute approximate surface area is 151 Å². The Morgan fingerprint density at radius 3 is 2.81 bits per heavy atom. The molecule has 0 aliphatic carbocycles. The number of ether oxygens (including phenoxy) is 2. The van der Waals surface area contributed by atoms with E-state index in [0.29, 0.717) is 17.8 Å². The van der Waals surface area contributed by atoms with E-state index in [1.54, 1.807) is 39.0 Å². The topological polar surface area (TPSA) is 105 Å². The molecule has 0 spiro atoms. The summed E-state index contributed by atoms with van der Waals surface area (Å²) in [6.07, 6.45) is -3.07. The number of hydrogen-bond acceptors (Lipinski definition) is 6. The quantitative estimate of drug-likeness (QED) is 0.753. The number of amides is 2. The van der Waals surface area contributed by atoms with Gasteiger partial charge in [0.25, 0.3) is 11.8 Å². The Hall–Kier alpha value is -2.45. The monoisotopic (exact) mass is 362 g/mol. The number of rotatable bonds is 3. The zero-order chi connectivity index (χ0) is 19.1. The second-order valence-electron chi connectivity index (χ2n) is 7.28. The molecule has 1 aromatic carbocycles. The van der Waals surface area contributed by atoms with Crippen LogP contribution in [0.4, 0.5) is 5.69 Å². The third-order valence-electron chi connectivity index (χ3n) is 4.15. The predicted octanol–water partition coefficient (Wildman–Crippen LogP) is 0.364. The average molecular weight is 362 g/mol. The molecular weight excluding hydrogens is 340 g/mol. The van der Waals surface area contributed by atoms with Gasteiger partial charge in [-0.2, -0.15) is 0 Å². The van der Waals surface area contributed by atoms with Gasteiger partial charge in [0.1, 0.15) is 5.60 Å². The van der Waals surface area contributed by atoms with Crippen LogP contribution in [0.3, 0.4) is 0 Å². The molecule has 0 bridgehead atoms. The first-order valence-corrected chi connectivity index (χ1v) is 8.42. The Kier molecular flexibility index (Phi) is 4.72. The lowest BCUT2D eigenvalue weighted by Gasteiger charge is -2.34. The summed E-state index contributed by atoms with van der Waals surface area (Å²) in [5.41, 5.74) is 1.12. The van der Waals surface area contributed by atoms with Crippen molar-refractivity contribution in [1.82, 2.24) is 5.32 Å². The Morgan fingerprint density at radius 2 is 2.12 bits per heavy atom. The van der Waals surface area contributed by atoms with Crippen molar-refractivity contribution in [2.75, 3.05) is 18.1 Å². The van der Waals surface area contributed by atoms with Crippen LogP contribution in [-0.2, 0) is 25.6 Å². The summed E-state index contributed by atoms with van der Waals surface area (Å²) in [5.74, 6) is -1.65. The van der Waals surface area contributed by atoms with E-state index in [4.69, 9.17) is 9.47 Å². The second kappa shape index (κ2) is 6.69. The fourth-order valence-corrected chi connectivity index (χ4v) is 2.94. The molecule has 2 heterocycles. The molecular formula is C18H22N2O6. The van der Waals surface area contributed by atoms with E-state index in [1.807, 2.05) is 0 Å². The minimum atomic E-state index is -1.72. The zero-order valence-corrected chi connectivity index (χ0v) is 14.9. The summed E-state index contributed by atoms with van der Waals surface area (Å²) < 4.78 is 10.5. The largest absolute Gasteiger partial charge is 0.458 e. The summed E-state index contributed by atoms with van der Waals surface area (Å²) in [6, 6.07) is 5.15. The summed E-state index contributed by atoms with van der Waals surface area (Å²) in [4.78, 5) is 38.1. The Bertz CT molecular complexity index is 755. The lowest BCUT2D eigenvalue weighted by atomic mass is 10.1. The fourth-order valence-electron chi connectivity index (χ4n) is 2.94. The van der Waals surface area contributed by atoms with Crippen LogP contribution in [0.1, 0.15) is 36.7 Å². The molecule has 140 valence electrons. The van der Waals surface area contributed by atoms with Crippen molar-refractivity contribution in [3.05, 3.63) is 29.3 Å². The fraction of sp³-hybridized carbons (Fsp3) is 0.500. The summed E-state index contributed by atoms with van der Waals surface area (Å²) in [5, 5.41) is 12.9. The standard InChI is InChI=1S/C18H22N2O6/c1-18(2,3)26-17(24)13(21)14-16(23)20(6-7-25-14)11-5-4-10-9-19-15(22)12(10)8-11/h4-5,8,13-14,21H,6-7,9H2,1-3H3,(H,19,22)/t13-,14-/m1/s1. The smallest absolute Gasteiger partial charge is 0.338 e. The molecule has 8 nitrogen and oxygen atoms in total. The molecule has 0 saturated carbocycles. The number of carbonyl (C=O) groups excluding carboxylic acids is 3. The molecule has 2 aliphatic rings. The number of hydrogen-bond donors (Lipinski definition) is 2. The van der Waals surface area contributed by atoms with Crippen molar-refractivity contribution in [2.45, 2.75) is 45.1 Å². The third-order valence-corrected chi connectivity index (χ3v) is 4.15. The highest BCUT2D eigenvalue weighted by atomic mass is 16.6. The SMILES string of the molecule is CC(C)(C)OC(=O)[C@H](O)[C@H]1OCCN(c2ccc3c(c2)C(=O)NC3)C1=O. The van der Waals surface area contributed by atoms with Gasteiger partial charge in [-0.25, -0.2) is 4.79 Å². The maximum Gasteiger partial charge on any atom is 0.338 e. The Morgan fingerprint density at radius 1 is 1.38 bits per heavy atom. The van der Waals surface area contributed by atoms with Crippen LogP contribution >= 0.6 is 0 Å². The molecule has 0 unspecified atom stereocenters. The van der Waals surface area contributed by atoms with Crippen molar-refractivity contribution in [3.8, 4) is 0 Å². The number of fused-ring (bicyclic) bond motifs is 1. The van der Waals surface area contributed by atoms with Gasteiger partial charge in [0.2, 0.25) is 0 Å². The molecule has 1 aromatic rings. The lowest BCUT2D eigenvalue weighted by Crippen LogP contribution is -2.55. The number of anilines is 1. The normalized spacial score (nSPS) is 21.2. The first-order valence-electron chi connectivity index (χ1n) is 8.42. The molecule has 2 amide bonds. The summed E-state index contributed by atoms with van der Waals surface area (Å²) in [6.45, 7) is 5.89. The molecule has 1 saturated heterocycles. The van der Waals surface area contributed by atoms with Crippen LogP contribution < -0.4 is 10.2 Å². The van der Waals surface area contributed by atoms with Gasteiger partial charge in [0.05, 0.1) is 6.61 Å². The highest BCUT2D eigenvalue weighted by Crippen LogP contribution is 2.26. The molecule has 2 atom stereocenters. The van der Waals surface area contributed by atoms with E-state index in [2.05, 4.69) is 5.32 Å². The van der Waals surface area contributed by atoms with Gasteiger partial charge in [0.15, 0.2) is 12.2 Å². The van der Waals surface area contributed by atoms with Crippen LogP contribution in [-0.4, -0.2) is 53.9 Å². The maximum absolute atomic E-state index is 12.8. The molecule has 0 aromatic heterocycles. The molecule has 0 radical (unpaired) electrons. The number of nitrogens with one attached hydrogen (secondary N) is 1. The molecule has 2 aliphatic heterocycles. The third kappa shape index (κ3) is 3.56. The van der Waals surface area contributed by atoms with Gasteiger partial charge in [-0.1, -0.05) is 6.07 Å². The number of aliphatic hydroxyl groups is 1. The molecule has 2 N–H and O–H groups in total. The minimum Gasteiger partial charge on any atom is -0.458 e. The van der Waals surface area contributed by atoms with Gasteiger partial charge >= 0.3 is 5.97 Å². The van der Waals surface area contributed by atoms with E-state index in [-0.39, 0.29) is 19.1 Å². The Balaban J connectivity index is 1.79. The van der Waals surface area contributed by atoms with E-state index < -0.39 is 29.7 Å². The van der Waals surface area contributed by atoms with E-state index in [1.165, 1.54) is 4.90 Å². The predicted molar refractivity (Wildman–Crippen MR) is 91.6 cm³/mol. The van der Waals surface area contributed by atoms with Crippen molar-refractivity contribution in [1.29, 1.82) is 0 Å². The van der Waals surface area contributed by atoms with Crippen LogP contribution in [0.2, 0.25) is 0 Å². The average Bonchev–Trinajstić information content (AvgIpc) is 2.93. The minimum absolute atomic E-state index is 0.152. The highest BCUT2D eigenvalue weighted by molar-refractivity contribution is 6.03. The number of morpholine rings is 1. The molecule has 3 rings (SSSR count). The number of aliphatic hydroxyl groups excluding tert-OH is 1. The second-order valence-corrected chi connectivity index (χ2v) is 7.28. The van der Waals surface area contributed by atoms with Crippen molar-refractivity contribution < 1.29 is 29.0 Å². The van der Waals surface area contributed by atoms with Gasteiger partial charge < -0.3 is 24.8 Å². The van der Waals surface area contributed by atoms with Crippen molar-refractivity contribution in [3.63, 3.8) is 0 Å². The number of carbonyl (C=O) groups is 3. The van der Waals surface area contributed by atoms with E-state index in [0.717, 1.165) is 5.56 Å². The van der Waals surface area contributed by atoms with Gasteiger partial charge in [0, 0.05) is 24.3 Å². The molecule has 26 heavy (non-hydrogen) atoms. The van der Waals surface area contributed by atoms with Crippen LogP contribution in [0.25, 0.3) is 0 Å². The van der Waals surface area contributed by atoms with Gasteiger partial charge in [-0.3, -0.25) is 9.59 Å². The highest BCUT2D eigenvalue weighted by Gasteiger charge is 2.41. The number of benzene rings is 1. The molecule has 8 heteroatoms. The van der Waals surface area contributed by atoms with Crippen LogP contribution in [0.15, 0.2) is 18.2 Å². The van der Waals surface area contributed by atoms with Crippen LogP contribution in [0, 0.1) is 0 Å². The number of nitrogens with zero attached hydrogens (tertiary/aromatic N) is 1. The number of esters is 1. The first kappa shape index (κ1) is 18.3. The van der Waals surface area contributed by atoms with E-state index >= 15 is 0 Å². The van der Waals surface area contributed by atoms with Crippen molar-refractivity contribution >= 4 is 23.5 Å². The molecule has 1 fully saturated rings. The first-order chi connectivity index (χ1) is 12.2. The summed E-state index contributed by atoms with van der Waals surface area (Å²) in [7, 11) is 0. The van der Waals surface area contributed by atoms with E-state index in [9.17, 15) is 19.5 Å². The lowest BCUT2D eigenvalue weighted by molar-refractivity contribution is -0.177. The van der Waals surface area contributed by atoms with Gasteiger partial charge in [-0.15, -0.1) is 0 Å². The van der Waals surface area contributed by atoms with Crippen LogP contribution in [0.5, 0.6) is 0 Å². The van der Waals surface area contributed by atoms with Gasteiger partial charge in [-0.05, 0) is 38.5 Å². The zero-order valence-electron chi connectivity index (χ0n) is 14.9. The summed E-state index contributed by atoms with van der Waals surface area (Å²) >= 11 is 0. The van der Waals surface area contributed by atoms with Crippen molar-refractivity contribution in [2.24, 2.45) is 0 Å². The maximum atomic E-state index is 12.8.